The zero-order valence-corrected chi connectivity index (χ0v) is 18.6. The van der Waals surface area contributed by atoms with Crippen molar-refractivity contribution < 1.29 is 19.7 Å². The van der Waals surface area contributed by atoms with Gasteiger partial charge in [-0.2, -0.15) is 0 Å². The summed E-state index contributed by atoms with van der Waals surface area (Å²) in [5.74, 6) is 1.18. The largest absolute Gasteiger partial charge is 0.481 e. The summed E-state index contributed by atoms with van der Waals surface area (Å²) in [7, 11) is 1.58. The first-order chi connectivity index (χ1) is 15.5. The van der Waals surface area contributed by atoms with Crippen LogP contribution < -0.4 is 10.1 Å². The highest BCUT2D eigenvalue weighted by Crippen LogP contribution is 2.31. The van der Waals surface area contributed by atoms with Gasteiger partial charge < -0.3 is 30.1 Å². The predicted molar refractivity (Wildman–Crippen MR) is 119 cm³/mol. The minimum absolute atomic E-state index is 0.0249. The van der Waals surface area contributed by atoms with E-state index in [1.165, 1.54) is 0 Å². The highest BCUT2D eigenvalue weighted by Gasteiger charge is 2.34. The number of aliphatic hydroxyl groups excluding tert-OH is 2. The second-order valence-corrected chi connectivity index (χ2v) is 8.23. The number of carbonyl (C=O) groups is 1. The van der Waals surface area contributed by atoms with Crippen molar-refractivity contribution in [1.29, 1.82) is 0 Å². The fourth-order valence-electron chi connectivity index (χ4n) is 4.43. The molecule has 2 amide bonds. The topological polar surface area (TPSA) is 111 Å². The molecule has 2 aromatic rings. The number of ether oxygens (including phenoxy) is 1. The molecule has 0 bridgehead atoms. The number of aromatic nitrogens is 2. The van der Waals surface area contributed by atoms with Gasteiger partial charge in [-0.3, -0.25) is 0 Å². The summed E-state index contributed by atoms with van der Waals surface area (Å²) < 4.78 is 5.13. The molecule has 0 spiro atoms. The Morgan fingerprint density at radius 1 is 1.28 bits per heavy atom. The van der Waals surface area contributed by atoms with E-state index in [1.54, 1.807) is 24.3 Å². The molecule has 3 N–H and O–H groups in total. The number of methoxy groups -OCH3 is 1. The lowest BCUT2D eigenvalue weighted by Gasteiger charge is -2.27. The number of fused-ring (bicyclic) bond motifs is 1. The lowest BCUT2D eigenvalue weighted by molar-refractivity contribution is 0.140. The van der Waals surface area contributed by atoms with Gasteiger partial charge >= 0.3 is 6.03 Å². The van der Waals surface area contributed by atoms with E-state index in [0.717, 1.165) is 17.5 Å². The maximum absolute atomic E-state index is 13.1. The van der Waals surface area contributed by atoms with Gasteiger partial charge in [0, 0.05) is 44.0 Å². The molecule has 2 aliphatic rings. The van der Waals surface area contributed by atoms with Gasteiger partial charge in [0.2, 0.25) is 5.88 Å². The molecule has 4 rings (SSSR count). The molecule has 3 unspecified atom stereocenters. The van der Waals surface area contributed by atoms with Crippen molar-refractivity contribution in [3.05, 3.63) is 47.3 Å². The Labute approximate surface area is 188 Å². The van der Waals surface area contributed by atoms with Crippen LogP contribution in [-0.2, 0) is 0 Å². The Balaban J connectivity index is 1.36. The van der Waals surface area contributed by atoms with E-state index in [1.807, 2.05) is 23.1 Å². The normalized spacial score (nSPS) is 20.0. The van der Waals surface area contributed by atoms with Gasteiger partial charge in [-0.15, -0.1) is 0 Å². The minimum Gasteiger partial charge on any atom is -0.481 e. The number of amides is 2. The second kappa shape index (κ2) is 9.70. The van der Waals surface area contributed by atoms with E-state index >= 15 is 0 Å². The van der Waals surface area contributed by atoms with Gasteiger partial charge in [0.15, 0.2) is 0 Å². The number of hydrogen-bond acceptors (Lipinski definition) is 7. The van der Waals surface area contributed by atoms with Crippen molar-refractivity contribution in [2.45, 2.75) is 44.4 Å². The van der Waals surface area contributed by atoms with Crippen LogP contribution in [-0.4, -0.2) is 69.3 Å². The van der Waals surface area contributed by atoms with Gasteiger partial charge in [-0.05, 0) is 30.9 Å². The van der Waals surface area contributed by atoms with Crippen LogP contribution >= 0.6 is 0 Å². The van der Waals surface area contributed by atoms with Gasteiger partial charge in [-0.25, -0.2) is 14.8 Å². The Morgan fingerprint density at radius 2 is 2.12 bits per heavy atom. The van der Waals surface area contributed by atoms with Crippen LogP contribution in [0.15, 0.2) is 30.5 Å². The summed E-state index contributed by atoms with van der Waals surface area (Å²) >= 11 is 0. The van der Waals surface area contributed by atoms with E-state index in [4.69, 9.17) is 4.74 Å². The van der Waals surface area contributed by atoms with Crippen LogP contribution in [0, 0.1) is 0 Å². The van der Waals surface area contributed by atoms with Crippen LogP contribution in [0.25, 0.3) is 0 Å². The maximum atomic E-state index is 13.1. The maximum Gasteiger partial charge on any atom is 0.320 e. The van der Waals surface area contributed by atoms with Gasteiger partial charge in [-0.1, -0.05) is 19.1 Å². The molecule has 1 fully saturated rings. The number of rotatable bonds is 8. The smallest absolute Gasteiger partial charge is 0.320 e. The molecule has 0 saturated carbocycles. The van der Waals surface area contributed by atoms with Crippen molar-refractivity contribution in [3.8, 4) is 5.88 Å². The van der Waals surface area contributed by atoms with Gasteiger partial charge in [0.05, 0.1) is 31.1 Å². The van der Waals surface area contributed by atoms with Crippen LogP contribution in [0.1, 0.15) is 61.3 Å². The van der Waals surface area contributed by atoms with Gasteiger partial charge in [0.25, 0.3) is 0 Å². The highest BCUT2D eigenvalue weighted by atomic mass is 16.5. The number of pyridine rings is 2. The number of nitrogens with zero attached hydrogens (tertiary/aromatic N) is 4. The van der Waals surface area contributed by atoms with Crippen LogP contribution in [0.3, 0.4) is 0 Å². The van der Waals surface area contributed by atoms with Crippen LogP contribution in [0.5, 0.6) is 5.88 Å². The first-order valence-corrected chi connectivity index (χ1v) is 11.2. The number of carbonyl (C=O) groups excluding carboxylic acids is 1. The minimum atomic E-state index is -0.782. The Hall–Kier alpha value is -2.91. The van der Waals surface area contributed by atoms with E-state index < -0.39 is 12.2 Å². The van der Waals surface area contributed by atoms with E-state index in [2.05, 4.69) is 22.2 Å². The van der Waals surface area contributed by atoms with Gasteiger partial charge in [0.1, 0.15) is 5.82 Å². The predicted octanol–water partition coefficient (Wildman–Crippen LogP) is 2.65. The molecule has 32 heavy (non-hydrogen) atoms. The summed E-state index contributed by atoms with van der Waals surface area (Å²) in [4.78, 5) is 25.5. The Morgan fingerprint density at radius 3 is 2.84 bits per heavy atom. The third-order valence-corrected chi connectivity index (χ3v) is 6.27. The molecule has 4 heterocycles. The molecule has 2 aliphatic heterocycles. The van der Waals surface area contributed by atoms with Crippen LogP contribution in [0.4, 0.5) is 10.6 Å². The molecule has 9 heteroatoms. The average Bonchev–Trinajstić information content (AvgIpc) is 3.18. The van der Waals surface area contributed by atoms with E-state index in [-0.39, 0.29) is 12.1 Å². The molecule has 9 nitrogen and oxygen atoms in total. The van der Waals surface area contributed by atoms with Crippen molar-refractivity contribution in [2.24, 2.45) is 0 Å². The standard InChI is InChI=1S/C23H31N5O4/c1-3-18(15-4-7-21(32-2)25-14-15)28-13-12-27(23(28)31)11-9-20(30)17-6-5-16-19(29)8-10-24-22(16)26-17/h4-7,14,18-20,29-30H,3,8-13H2,1-2H3,(H,24,26). The average molecular weight is 442 g/mol. The van der Waals surface area contributed by atoms with Crippen molar-refractivity contribution in [3.63, 3.8) is 0 Å². The molecule has 3 atom stereocenters. The molecule has 1 saturated heterocycles. The van der Waals surface area contributed by atoms with E-state index in [0.29, 0.717) is 56.4 Å². The van der Waals surface area contributed by atoms with Crippen molar-refractivity contribution in [2.75, 3.05) is 38.6 Å². The first kappa shape index (κ1) is 22.3. The third-order valence-electron chi connectivity index (χ3n) is 6.27. The van der Waals surface area contributed by atoms with Crippen molar-refractivity contribution in [1.82, 2.24) is 19.8 Å². The summed E-state index contributed by atoms with van der Waals surface area (Å²) in [6.07, 6.45) is 2.29. The molecule has 2 aromatic heterocycles. The molecular weight excluding hydrogens is 410 g/mol. The summed E-state index contributed by atoms with van der Waals surface area (Å²) in [5.41, 5.74) is 2.29. The molecule has 172 valence electrons. The number of aliphatic hydroxyl groups is 2. The molecule has 0 radical (unpaired) electrons. The Kier molecular flexibility index (Phi) is 6.76. The SMILES string of the molecule is CCC(c1ccc(OC)nc1)N1CCN(CCC(O)c2ccc3c(n2)NCCC3O)C1=O. The number of anilines is 1. The third kappa shape index (κ3) is 4.49. The zero-order valence-electron chi connectivity index (χ0n) is 18.6. The second-order valence-electron chi connectivity index (χ2n) is 8.23. The quantitative estimate of drug-likeness (QED) is 0.577. The van der Waals surface area contributed by atoms with E-state index in [9.17, 15) is 15.0 Å². The number of nitrogens with one attached hydrogen (secondary N) is 1. The lowest BCUT2D eigenvalue weighted by atomic mass is 10.0. The monoisotopic (exact) mass is 441 g/mol. The summed E-state index contributed by atoms with van der Waals surface area (Å²) in [6, 6.07) is 7.26. The number of urea groups is 1. The molecular formula is C23H31N5O4. The lowest BCUT2D eigenvalue weighted by Crippen LogP contribution is -2.35. The zero-order chi connectivity index (χ0) is 22.7. The molecule has 0 aromatic carbocycles. The van der Waals surface area contributed by atoms with Crippen molar-refractivity contribution >= 4 is 11.8 Å². The summed E-state index contributed by atoms with van der Waals surface area (Å²) in [6.45, 7) is 4.42. The first-order valence-electron chi connectivity index (χ1n) is 11.2. The summed E-state index contributed by atoms with van der Waals surface area (Å²) in [5, 5.41) is 23.9. The fraction of sp³-hybridized carbons (Fsp3) is 0.522. The number of hydrogen-bond donors (Lipinski definition) is 3. The van der Waals surface area contributed by atoms with Crippen LogP contribution in [0.2, 0.25) is 0 Å². The fourth-order valence-corrected chi connectivity index (χ4v) is 4.43. The molecule has 0 aliphatic carbocycles. The Bertz CT molecular complexity index is 938. The highest BCUT2D eigenvalue weighted by molar-refractivity contribution is 5.77.